The molecule has 134 valence electrons. The first kappa shape index (κ1) is 16.7. The van der Waals surface area contributed by atoms with E-state index >= 15 is 0 Å². The van der Waals surface area contributed by atoms with E-state index in [1.807, 2.05) is 0 Å². The van der Waals surface area contributed by atoms with Crippen molar-refractivity contribution in [2.45, 2.75) is 58.7 Å². The number of rotatable bonds is 5. The first-order chi connectivity index (χ1) is 11.9. The zero-order valence-corrected chi connectivity index (χ0v) is 15.4. The van der Waals surface area contributed by atoms with Crippen LogP contribution in [0, 0.1) is 12.3 Å². The van der Waals surface area contributed by atoms with E-state index in [0.29, 0.717) is 40.4 Å². The standard InChI is InChI=1S/C18H22N2O4S/c1-11-13(9-21)25-16-14(11)15(22)20(10-18(2)5-6-18)17(23)19(16)8-12-4-3-7-24-12/h9,12H,3-8,10H2,1-2H3. The van der Waals surface area contributed by atoms with Crippen LogP contribution in [0.3, 0.4) is 0 Å². The number of hydrogen-bond acceptors (Lipinski definition) is 5. The fraction of sp³-hybridized carbons (Fsp3) is 0.611. The molecule has 2 aromatic rings. The number of ether oxygens (including phenoxy) is 1. The number of carbonyl (C=O) groups excluding carboxylic acids is 1. The van der Waals surface area contributed by atoms with Crippen LogP contribution in [0.15, 0.2) is 9.59 Å². The molecule has 1 aliphatic carbocycles. The molecule has 1 aliphatic heterocycles. The zero-order valence-electron chi connectivity index (χ0n) is 14.5. The zero-order chi connectivity index (χ0) is 17.8. The van der Waals surface area contributed by atoms with Gasteiger partial charge in [0.2, 0.25) is 0 Å². The lowest BCUT2D eigenvalue weighted by Crippen LogP contribution is -2.42. The fourth-order valence-electron chi connectivity index (χ4n) is 3.57. The molecule has 2 aromatic heterocycles. The second kappa shape index (κ2) is 5.92. The molecule has 1 unspecified atom stereocenters. The van der Waals surface area contributed by atoms with Gasteiger partial charge in [0.1, 0.15) is 4.83 Å². The number of fused-ring (bicyclic) bond motifs is 1. The van der Waals surface area contributed by atoms with Crippen LogP contribution in [-0.4, -0.2) is 28.1 Å². The predicted molar refractivity (Wildman–Crippen MR) is 96.8 cm³/mol. The van der Waals surface area contributed by atoms with Crippen LogP contribution in [-0.2, 0) is 17.8 Å². The molecule has 3 heterocycles. The lowest BCUT2D eigenvalue weighted by atomic mass is 10.1. The van der Waals surface area contributed by atoms with Gasteiger partial charge in [-0.1, -0.05) is 6.92 Å². The summed E-state index contributed by atoms with van der Waals surface area (Å²) in [5.41, 5.74) is 0.171. The number of carbonyl (C=O) groups is 1. The van der Waals surface area contributed by atoms with Gasteiger partial charge in [-0.2, -0.15) is 0 Å². The Morgan fingerprint density at radius 1 is 1.32 bits per heavy atom. The summed E-state index contributed by atoms with van der Waals surface area (Å²) in [6.45, 7) is 5.48. The molecule has 4 rings (SSSR count). The van der Waals surface area contributed by atoms with Gasteiger partial charge in [-0.3, -0.25) is 18.7 Å². The molecule has 2 aliphatic rings. The summed E-state index contributed by atoms with van der Waals surface area (Å²) < 4.78 is 8.72. The Balaban J connectivity index is 1.94. The van der Waals surface area contributed by atoms with Crippen molar-refractivity contribution in [1.29, 1.82) is 0 Å². The minimum Gasteiger partial charge on any atom is -0.376 e. The van der Waals surface area contributed by atoms with Gasteiger partial charge in [-0.05, 0) is 43.6 Å². The molecule has 1 saturated heterocycles. The summed E-state index contributed by atoms with van der Waals surface area (Å²) in [4.78, 5) is 38.6. The third kappa shape index (κ3) is 2.79. The van der Waals surface area contributed by atoms with Gasteiger partial charge in [-0.25, -0.2) is 4.79 Å². The van der Waals surface area contributed by atoms with Gasteiger partial charge in [0.05, 0.1) is 22.9 Å². The van der Waals surface area contributed by atoms with E-state index in [1.165, 1.54) is 15.9 Å². The molecule has 25 heavy (non-hydrogen) atoms. The molecule has 0 aromatic carbocycles. The Hall–Kier alpha value is -1.73. The summed E-state index contributed by atoms with van der Waals surface area (Å²) in [6, 6.07) is 0. The number of nitrogens with zero attached hydrogens (tertiary/aromatic N) is 2. The molecular weight excluding hydrogens is 340 g/mol. The number of aldehydes is 1. The maximum atomic E-state index is 13.1. The summed E-state index contributed by atoms with van der Waals surface area (Å²) in [7, 11) is 0. The highest BCUT2D eigenvalue weighted by atomic mass is 32.1. The summed E-state index contributed by atoms with van der Waals surface area (Å²) in [5.74, 6) is 0. The maximum absolute atomic E-state index is 13.1. The summed E-state index contributed by atoms with van der Waals surface area (Å²) >= 11 is 1.23. The summed E-state index contributed by atoms with van der Waals surface area (Å²) in [5, 5.41) is 0.508. The minimum atomic E-state index is -0.278. The molecule has 0 spiro atoms. The third-order valence-electron chi connectivity index (χ3n) is 5.49. The average Bonchev–Trinajstić information content (AvgIpc) is 2.99. The van der Waals surface area contributed by atoms with Crippen molar-refractivity contribution in [3.05, 3.63) is 31.3 Å². The van der Waals surface area contributed by atoms with Crippen molar-refractivity contribution in [3.63, 3.8) is 0 Å². The second-order valence-electron chi connectivity index (χ2n) is 7.62. The quantitative estimate of drug-likeness (QED) is 0.766. The Bertz CT molecular complexity index is 958. The van der Waals surface area contributed by atoms with Crippen LogP contribution in [0.25, 0.3) is 10.2 Å². The maximum Gasteiger partial charge on any atom is 0.332 e. The van der Waals surface area contributed by atoms with Gasteiger partial charge >= 0.3 is 5.69 Å². The van der Waals surface area contributed by atoms with Crippen molar-refractivity contribution >= 4 is 27.8 Å². The van der Waals surface area contributed by atoms with E-state index in [1.54, 1.807) is 11.5 Å². The van der Waals surface area contributed by atoms with Crippen molar-refractivity contribution in [2.24, 2.45) is 5.41 Å². The van der Waals surface area contributed by atoms with Crippen LogP contribution >= 0.6 is 11.3 Å². The molecule has 0 bridgehead atoms. The first-order valence-corrected chi connectivity index (χ1v) is 9.59. The van der Waals surface area contributed by atoms with E-state index in [9.17, 15) is 14.4 Å². The van der Waals surface area contributed by atoms with Crippen LogP contribution in [0.1, 0.15) is 47.8 Å². The molecule has 0 radical (unpaired) electrons. The largest absolute Gasteiger partial charge is 0.376 e. The molecule has 0 N–H and O–H groups in total. The third-order valence-corrected chi connectivity index (χ3v) is 6.73. The van der Waals surface area contributed by atoms with E-state index in [2.05, 4.69) is 6.92 Å². The van der Waals surface area contributed by atoms with Gasteiger partial charge in [0, 0.05) is 13.2 Å². The van der Waals surface area contributed by atoms with Gasteiger partial charge in [0.15, 0.2) is 6.29 Å². The molecule has 0 amide bonds. The summed E-state index contributed by atoms with van der Waals surface area (Å²) in [6.07, 6.45) is 4.73. The van der Waals surface area contributed by atoms with E-state index in [0.717, 1.165) is 32.0 Å². The van der Waals surface area contributed by atoms with E-state index < -0.39 is 0 Å². The molecule has 1 atom stereocenters. The fourth-order valence-corrected chi connectivity index (χ4v) is 4.69. The number of aryl methyl sites for hydroxylation is 1. The predicted octanol–water partition coefficient (Wildman–Crippen LogP) is 2.32. The molecule has 2 fully saturated rings. The van der Waals surface area contributed by atoms with Gasteiger partial charge in [-0.15, -0.1) is 11.3 Å². The lowest BCUT2D eigenvalue weighted by Gasteiger charge is -2.17. The van der Waals surface area contributed by atoms with Gasteiger partial charge in [0.25, 0.3) is 5.56 Å². The highest BCUT2D eigenvalue weighted by molar-refractivity contribution is 7.20. The minimum absolute atomic E-state index is 0.00884. The van der Waals surface area contributed by atoms with E-state index in [-0.39, 0.29) is 22.8 Å². The van der Waals surface area contributed by atoms with Crippen molar-refractivity contribution in [2.75, 3.05) is 6.61 Å². The van der Waals surface area contributed by atoms with Crippen LogP contribution < -0.4 is 11.2 Å². The Kier molecular flexibility index (Phi) is 3.96. The Morgan fingerprint density at radius 2 is 2.08 bits per heavy atom. The average molecular weight is 362 g/mol. The number of hydrogen-bond donors (Lipinski definition) is 0. The topological polar surface area (TPSA) is 70.3 Å². The smallest absolute Gasteiger partial charge is 0.332 e. The molecule has 6 nitrogen and oxygen atoms in total. The van der Waals surface area contributed by atoms with Crippen molar-refractivity contribution < 1.29 is 9.53 Å². The highest BCUT2D eigenvalue weighted by Gasteiger charge is 2.39. The van der Waals surface area contributed by atoms with E-state index in [4.69, 9.17) is 4.74 Å². The normalized spacial score (nSPS) is 21.8. The van der Waals surface area contributed by atoms with Gasteiger partial charge < -0.3 is 4.74 Å². The van der Waals surface area contributed by atoms with Crippen LogP contribution in [0.5, 0.6) is 0 Å². The molecule has 7 heteroatoms. The van der Waals surface area contributed by atoms with Crippen molar-refractivity contribution in [3.8, 4) is 0 Å². The highest BCUT2D eigenvalue weighted by Crippen LogP contribution is 2.46. The Morgan fingerprint density at radius 3 is 2.68 bits per heavy atom. The van der Waals surface area contributed by atoms with Crippen LogP contribution in [0.2, 0.25) is 0 Å². The number of thiophene rings is 1. The van der Waals surface area contributed by atoms with Crippen LogP contribution in [0.4, 0.5) is 0 Å². The lowest BCUT2D eigenvalue weighted by molar-refractivity contribution is 0.0965. The van der Waals surface area contributed by atoms with Crippen molar-refractivity contribution in [1.82, 2.24) is 9.13 Å². The number of aromatic nitrogens is 2. The second-order valence-corrected chi connectivity index (χ2v) is 8.65. The molecular formula is C18H22N2O4S. The SMILES string of the molecule is Cc1c(C=O)sc2c1c(=O)n(CC1(C)CC1)c(=O)n2CC1CCCO1. The molecule has 1 saturated carbocycles. The Labute approximate surface area is 149 Å². The first-order valence-electron chi connectivity index (χ1n) is 8.77. The monoisotopic (exact) mass is 362 g/mol.